The van der Waals surface area contributed by atoms with Gasteiger partial charge in [0.05, 0.1) is 0 Å². The van der Waals surface area contributed by atoms with Gasteiger partial charge < -0.3 is 5.73 Å². The van der Waals surface area contributed by atoms with Crippen LogP contribution in [-0.2, 0) is 6.54 Å². The number of benzene rings is 1. The van der Waals surface area contributed by atoms with E-state index in [0.29, 0.717) is 6.04 Å². The van der Waals surface area contributed by atoms with Gasteiger partial charge in [0.1, 0.15) is 0 Å². The van der Waals surface area contributed by atoms with Crippen molar-refractivity contribution in [3.8, 4) is 0 Å². The zero-order valence-corrected chi connectivity index (χ0v) is 11.1. The zero-order valence-electron chi connectivity index (χ0n) is 9.53. The Morgan fingerprint density at radius 1 is 1.25 bits per heavy atom. The number of halogens is 1. The minimum atomic E-state index is 0.581. The van der Waals surface area contributed by atoms with Crippen LogP contribution in [0, 0.1) is 0 Å². The van der Waals surface area contributed by atoms with Crippen molar-refractivity contribution in [2.45, 2.75) is 31.8 Å². The normalized spacial score (nSPS) is 22.2. The van der Waals surface area contributed by atoms with Gasteiger partial charge in [0.2, 0.25) is 0 Å². The Labute approximate surface area is 106 Å². The second-order valence-corrected chi connectivity index (χ2v) is 5.40. The highest BCUT2D eigenvalue weighted by Gasteiger charge is 2.20. The molecule has 1 atom stereocenters. The molecule has 1 aromatic rings. The largest absolute Gasteiger partial charge is 0.329 e. The molecule has 1 fully saturated rings. The van der Waals surface area contributed by atoms with Crippen LogP contribution in [0.3, 0.4) is 0 Å². The van der Waals surface area contributed by atoms with Crippen molar-refractivity contribution in [2.24, 2.45) is 5.73 Å². The molecule has 0 bridgehead atoms. The van der Waals surface area contributed by atoms with Crippen LogP contribution in [-0.4, -0.2) is 24.0 Å². The van der Waals surface area contributed by atoms with Gasteiger partial charge in [0.25, 0.3) is 0 Å². The molecule has 0 aliphatic carbocycles. The maximum absolute atomic E-state index is 5.82. The first-order valence-corrected chi connectivity index (χ1v) is 6.77. The lowest BCUT2D eigenvalue weighted by Gasteiger charge is -2.35. The average Bonchev–Trinajstić information content (AvgIpc) is 2.33. The topological polar surface area (TPSA) is 29.3 Å². The standard InChI is InChI=1S/C13H19BrN2/c14-12-6-4-11(5-7-12)10-16-8-2-1-3-13(16)9-15/h4-7,13H,1-3,8-10,15H2. The van der Waals surface area contributed by atoms with Crippen molar-refractivity contribution in [3.05, 3.63) is 34.3 Å². The van der Waals surface area contributed by atoms with Crippen molar-refractivity contribution < 1.29 is 0 Å². The van der Waals surface area contributed by atoms with Gasteiger partial charge in [-0.3, -0.25) is 4.90 Å². The van der Waals surface area contributed by atoms with E-state index < -0.39 is 0 Å². The van der Waals surface area contributed by atoms with Crippen molar-refractivity contribution in [3.63, 3.8) is 0 Å². The number of rotatable bonds is 3. The quantitative estimate of drug-likeness (QED) is 0.924. The molecule has 0 saturated carbocycles. The molecular weight excluding hydrogens is 264 g/mol. The molecule has 0 aromatic heterocycles. The summed E-state index contributed by atoms with van der Waals surface area (Å²) in [4.78, 5) is 2.52. The van der Waals surface area contributed by atoms with Crippen LogP contribution in [0.1, 0.15) is 24.8 Å². The highest BCUT2D eigenvalue weighted by atomic mass is 79.9. The molecule has 2 N–H and O–H groups in total. The minimum absolute atomic E-state index is 0.581. The lowest BCUT2D eigenvalue weighted by atomic mass is 10.0. The lowest BCUT2D eigenvalue weighted by molar-refractivity contribution is 0.145. The summed E-state index contributed by atoms with van der Waals surface area (Å²) in [7, 11) is 0. The molecule has 0 amide bonds. The molecule has 1 aromatic carbocycles. The van der Waals surface area contributed by atoms with E-state index in [1.54, 1.807) is 0 Å². The third-order valence-corrected chi connectivity index (χ3v) is 3.85. The first kappa shape index (κ1) is 12.1. The van der Waals surface area contributed by atoms with Crippen molar-refractivity contribution in [2.75, 3.05) is 13.1 Å². The second-order valence-electron chi connectivity index (χ2n) is 4.48. The first-order chi connectivity index (χ1) is 7.79. The van der Waals surface area contributed by atoms with Crippen LogP contribution in [0.15, 0.2) is 28.7 Å². The molecule has 1 aliphatic heterocycles. The predicted octanol–water partition coefficient (Wildman–Crippen LogP) is 2.76. The van der Waals surface area contributed by atoms with E-state index in [9.17, 15) is 0 Å². The molecule has 1 heterocycles. The van der Waals surface area contributed by atoms with E-state index in [4.69, 9.17) is 5.73 Å². The Hall–Kier alpha value is -0.380. The average molecular weight is 283 g/mol. The summed E-state index contributed by atoms with van der Waals surface area (Å²) in [6.07, 6.45) is 3.90. The van der Waals surface area contributed by atoms with Crippen LogP contribution in [0.4, 0.5) is 0 Å². The van der Waals surface area contributed by atoms with E-state index in [-0.39, 0.29) is 0 Å². The number of hydrogen-bond donors (Lipinski definition) is 1. The van der Waals surface area contributed by atoms with Crippen LogP contribution >= 0.6 is 15.9 Å². The Morgan fingerprint density at radius 2 is 2.00 bits per heavy atom. The monoisotopic (exact) mass is 282 g/mol. The fourth-order valence-electron chi connectivity index (χ4n) is 2.36. The van der Waals surface area contributed by atoms with Gasteiger partial charge in [-0.1, -0.05) is 34.5 Å². The molecule has 1 aliphatic rings. The van der Waals surface area contributed by atoms with E-state index in [1.165, 1.54) is 31.4 Å². The molecule has 1 saturated heterocycles. The third kappa shape index (κ3) is 3.06. The van der Waals surface area contributed by atoms with Gasteiger partial charge in [-0.15, -0.1) is 0 Å². The highest BCUT2D eigenvalue weighted by Crippen LogP contribution is 2.19. The Balaban J connectivity index is 1.99. The Kier molecular flexibility index (Phi) is 4.38. The second kappa shape index (κ2) is 5.80. The maximum atomic E-state index is 5.82. The highest BCUT2D eigenvalue weighted by molar-refractivity contribution is 9.10. The van der Waals surface area contributed by atoms with E-state index in [1.807, 2.05) is 0 Å². The fraction of sp³-hybridized carbons (Fsp3) is 0.538. The fourth-order valence-corrected chi connectivity index (χ4v) is 2.62. The summed E-state index contributed by atoms with van der Waals surface area (Å²) >= 11 is 3.46. The van der Waals surface area contributed by atoms with Crippen LogP contribution in [0.2, 0.25) is 0 Å². The minimum Gasteiger partial charge on any atom is -0.329 e. The van der Waals surface area contributed by atoms with Crippen molar-refractivity contribution >= 4 is 15.9 Å². The van der Waals surface area contributed by atoms with Crippen LogP contribution in [0.25, 0.3) is 0 Å². The third-order valence-electron chi connectivity index (χ3n) is 3.32. The van der Waals surface area contributed by atoms with Crippen molar-refractivity contribution in [1.82, 2.24) is 4.90 Å². The number of hydrogen-bond acceptors (Lipinski definition) is 2. The molecule has 2 nitrogen and oxygen atoms in total. The molecular formula is C13H19BrN2. The van der Waals surface area contributed by atoms with Gasteiger partial charge in [-0.25, -0.2) is 0 Å². The lowest BCUT2D eigenvalue weighted by Crippen LogP contribution is -2.43. The van der Waals surface area contributed by atoms with E-state index in [0.717, 1.165) is 17.6 Å². The molecule has 0 spiro atoms. The number of nitrogens with two attached hydrogens (primary N) is 1. The summed E-state index contributed by atoms with van der Waals surface area (Å²) in [5.41, 5.74) is 7.20. The van der Waals surface area contributed by atoms with Crippen LogP contribution in [0.5, 0.6) is 0 Å². The first-order valence-electron chi connectivity index (χ1n) is 5.98. The summed E-state index contributed by atoms with van der Waals surface area (Å²) in [5.74, 6) is 0. The number of piperidine rings is 1. The van der Waals surface area contributed by atoms with E-state index >= 15 is 0 Å². The summed E-state index contributed by atoms with van der Waals surface area (Å²) in [5, 5.41) is 0. The molecule has 88 valence electrons. The van der Waals surface area contributed by atoms with Gasteiger partial charge in [-0.2, -0.15) is 0 Å². The Morgan fingerprint density at radius 3 is 2.69 bits per heavy atom. The zero-order chi connectivity index (χ0) is 11.4. The smallest absolute Gasteiger partial charge is 0.0237 e. The molecule has 16 heavy (non-hydrogen) atoms. The summed E-state index contributed by atoms with van der Waals surface area (Å²) in [6.45, 7) is 3.02. The SMILES string of the molecule is NCC1CCCCN1Cc1ccc(Br)cc1. The summed E-state index contributed by atoms with van der Waals surface area (Å²) in [6, 6.07) is 9.17. The van der Waals surface area contributed by atoms with E-state index in [2.05, 4.69) is 45.1 Å². The molecule has 2 rings (SSSR count). The van der Waals surface area contributed by atoms with Gasteiger partial charge in [-0.05, 0) is 37.1 Å². The molecule has 0 radical (unpaired) electrons. The van der Waals surface area contributed by atoms with Gasteiger partial charge in [0, 0.05) is 23.6 Å². The number of likely N-dealkylation sites (tertiary alicyclic amines) is 1. The predicted molar refractivity (Wildman–Crippen MR) is 71.2 cm³/mol. The molecule has 3 heteroatoms. The van der Waals surface area contributed by atoms with Gasteiger partial charge in [0.15, 0.2) is 0 Å². The van der Waals surface area contributed by atoms with Gasteiger partial charge >= 0.3 is 0 Å². The Bertz CT molecular complexity index is 323. The molecule has 1 unspecified atom stereocenters. The van der Waals surface area contributed by atoms with Crippen LogP contribution < -0.4 is 5.73 Å². The van der Waals surface area contributed by atoms with Crippen molar-refractivity contribution in [1.29, 1.82) is 0 Å². The maximum Gasteiger partial charge on any atom is 0.0237 e. The summed E-state index contributed by atoms with van der Waals surface area (Å²) < 4.78 is 1.14. The number of nitrogens with zero attached hydrogens (tertiary/aromatic N) is 1.